The van der Waals surface area contributed by atoms with Crippen LogP contribution in [0.5, 0.6) is 0 Å². The Morgan fingerprint density at radius 3 is 2.64 bits per heavy atom. The van der Waals surface area contributed by atoms with E-state index in [1.807, 2.05) is 24.3 Å². The second-order valence-electron chi connectivity index (χ2n) is 4.93. The van der Waals surface area contributed by atoms with Crippen LogP contribution in [-0.4, -0.2) is 16.0 Å². The number of nitrogens with zero attached hydrogens (tertiary/aromatic N) is 2. The van der Waals surface area contributed by atoms with E-state index in [9.17, 15) is 14.9 Å². The summed E-state index contributed by atoms with van der Waals surface area (Å²) in [7, 11) is 0. The van der Waals surface area contributed by atoms with Crippen LogP contribution in [0.15, 0.2) is 56.8 Å². The number of thioether (sulfide) groups is 1. The summed E-state index contributed by atoms with van der Waals surface area (Å²) >= 11 is 10.3. The lowest BCUT2D eigenvalue weighted by atomic mass is 10.2. The molecule has 0 saturated carbocycles. The number of nitro benzene ring substituents is 1. The number of benzene rings is 2. The number of aliphatic imine (C=N–C) groups is 1. The SMILES string of the molecule is O=C1NC(=Nc2ccc(Br)cc2)S/C1=C/c1ccc(Cl)c([N+](=O)[O-])c1. The molecule has 1 saturated heterocycles. The van der Waals surface area contributed by atoms with Gasteiger partial charge in [-0.3, -0.25) is 14.9 Å². The number of amides is 1. The van der Waals surface area contributed by atoms with Gasteiger partial charge in [0, 0.05) is 10.5 Å². The largest absolute Gasteiger partial charge is 0.300 e. The standard InChI is InChI=1S/C16H9BrClN3O3S/c17-10-2-4-11(5-3-10)19-16-20-15(22)14(25-16)8-9-1-6-12(18)13(7-9)21(23)24/h1-8H,(H,19,20,22)/b14-8+. The van der Waals surface area contributed by atoms with Crippen molar-refractivity contribution < 1.29 is 9.72 Å². The number of nitro groups is 1. The van der Waals surface area contributed by atoms with E-state index in [0.717, 1.165) is 4.47 Å². The van der Waals surface area contributed by atoms with Crippen molar-refractivity contribution in [2.24, 2.45) is 4.99 Å². The fourth-order valence-electron chi connectivity index (χ4n) is 2.02. The molecule has 126 valence electrons. The van der Waals surface area contributed by atoms with Crippen molar-refractivity contribution in [3.8, 4) is 0 Å². The quantitative estimate of drug-likeness (QED) is 0.419. The molecular formula is C16H9BrClN3O3S. The Hall–Kier alpha value is -2.16. The number of nitrogens with one attached hydrogen (secondary N) is 1. The minimum atomic E-state index is -0.563. The lowest BCUT2D eigenvalue weighted by Crippen LogP contribution is -2.19. The lowest BCUT2D eigenvalue weighted by molar-refractivity contribution is -0.384. The zero-order valence-corrected chi connectivity index (χ0v) is 15.6. The van der Waals surface area contributed by atoms with Gasteiger partial charge in [0.15, 0.2) is 5.17 Å². The number of hydrogen-bond acceptors (Lipinski definition) is 5. The minimum absolute atomic E-state index is 0.0492. The van der Waals surface area contributed by atoms with Crippen LogP contribution in [0.2, 0.25) is 5.02 Å². The van der Waals surface area contributed by atoms with Crippen molar-refractivity contribution in [3.05, 3.63) is 72.5 Å². The van der Waals surface area contributed by atoms with Crippen molar-refractivity contribution in [3.63, 3.8) is 0 Å². The van der Waals surface area contributed by atoms with Gasteiger partial charge in [-0.1, -0.05) is 33.6 Å². The first kappa shape index (κ1) is 17.7. The smallest absolute Gasteiger partial charge is 0.288 e. The maximum atomic E-state index is 12.1. The molecule has 1 aliphatic rings. The zero-order chi connectivity index (χ0) is 18.0. The second-order valence-corrected chi connectivity index (χ2v) is 7.28. The van der Waals surface area contributed by atoms with E-state index in [0.29, 0.717) is 21.3 Å². The number of halogens is 2. The third-order valence-corrected chi connectivity index (χ3v) is 4.93. The number of carbonyl (C=O) groups excluding carboxylic acids is 1. The van der Waals surface area contributed by atoms with Crippen molar-refractivity contribution in [1.29, 1.82) is 0 Å². The molecule has 0 aromatic heterocycles. The summed E-state index contributed by atoms with van der Waals surface area (Å²) in [5.41, 5.74) is 1.01. The molecule has 3 rings (SSSR count). The van der Waals surface area contributed by atoms with Gasteiger partial charge in [0.1, 0.15) is 5.02 Å². The Bertz CT molecular complexity index is 929. The number of amidine groups is 1. The molecule has 1 aliphatic heterocycles. The summed E-state index contributed by atoms with van der Waals surface area (Å²) in [6, 6.07) is 11.7. The summed E-state index contributed by atoms with van der Waals surface area (Å²) in [6.45, 7) is 0. The molecule has 0 unspecified atom stereocenters. The van der Waals surface area contributed by atoms with Gasteiger partial charge in [-0.05, 0) is 53.7 Å². The van der Waals surface area contributed by atoms with Gasteiger partial charge in [-0.2, -0.15) is 0 Å². The first-order chi connectivity index (χ1) is 11.9. The Balaban J connectivity index is 1.85. The highest BCUT2D eigenvalue weighted by molar-refractivity contribution is 9.10. The molecule has 1 N–H and O–H groups in total. The monoisotopic (exact) mass is 437 g/mol. The Morgan fingerprint density at radius 2 is 1.96 bits per heavy atom. The van der Waals surface area contributed by atoms with Crippen molar-refractivity contribution >= 4 is 67.8 Å². The molecule has 0 aliphatic carbocycles. The van der Waals surface area contributed by atoms with E-state index < -0.39 is 4.92 Å². The highest BCUT2D eigenvalue weighted by Gasteiger charge is 2.24. The third kappa shape index (κ3) is 4.28. The van der Waals surface area contributed by atoms with Crippen LogP contribution in [0, 0.1) is 10.1 Å². The van der Waals surface area contributed by atoms with Crippen LogP contribution >= 0.6 is 39.3 Å². The molecule has 6 nitrogen and oxygen atoms in total. The van der Waals surface area contributed by atoms with E-state index in [2.05, 4.69) is 26.2 Å². The maximum Gasteiger partial charge on any atom is 0.288 e. The van der Waals surface area contributed by atoms with E-state index in [1.165, 1.54) is 23.9 Å². The molecule has 0 radical (unpaired) electrons. The molecule has 2 aromatic rings. The average Bonchev–Trinajstić information content (AvgIpc) is 2.90. The first-order valence-electron chi connectivity index (χ1n) is 6.91. The van der Waals surface area contributed by atoms with Crippen molar-refractivity contribution in [1.82, 2.24) is 5.32 Å². The van der Waals surface area contributed by atoms with Crippen molar-refractivity contribution in [2.45, 2.75) is 0 Å². The number of rotatable bonds is 3. The molecule has 1 fully saturated rings. The summed E-state index contributed by atoms with van der Waals surface area (Å²) in [5, 5.41) is 14.1. The van der Waals surface area contributed by atoms with Gasteiger partial charge in [0.2, 0.25) is 0 Å². The van der Waals surface area contributed by atoms with Gasteiger partial charge in [0.05, 0.1) is 15.5 Å². The average molecular weight is 439 g/mol. The van der Waals surface area contributed by atoms with Gasteiger partial charge < -0.3 is 5.32 Å². The molecule has 0 bridgehead atoms. The number of carbonyl (C=O) groups is 1. The van der Waals surface area contributed by atoms with E-state index in [4.69, 9.17) is 11.6 Å². The van der Waals surface area contributed by atoms with Crippen LogP contribution in [0.1, 0.15) is 5.56 Å². The Labute approximate surface area is 160 Å². The molecule has 25 heavy (non-hydrogen) atoms. The third-order valence-electron chi connectivity index (χ3n) is 3.17. The maximum absolute atomic E-state index is 12.1. The fourth-order valence-corrected chi connectivity index (χ4v) is 3.32. The molecule has 1 heterocycles. The van der Waals surface area contributed by atoms with Crippen LogP contribution in [0.25, 0.3) is 6.08 Å². The number of hydrogen-bond donors (Lipinski definition) is 1. The lowest BCUT2D eigenvalue weighted by Gasteiger charge is -1.98. The topological polar surface area (TPSA) is 84.6 Å². The van der Waals surface area contributed by atoms with E-state index >= 15 is 0 Å². The first-order valence-corrected chi connectivity index (χ1v) is 8.90. The van der Waals surface area contributed by atoms with Crippen LogP contribution in [-0.2, 0) is 4.79 Å². The van der Waals surface area contributed by atoms with E-state index in [1.54, 1.807) is 12.1 Å². The van der Waals surface area contributed by atoms with Crippen LogP contribution in [0.3, 0.4) is 0 Å². The van der Waals surface area contributed by atoms with Gasteiger partial charge in [-0.15, -0.1) is 0 Å². The van der Waals surface area contributed by atoms with E-state index in [-0.39, 0.29) is 16.6 Å². The summed E-state index contributed by atoms with van der Waals surface area (Å²) in [4.78, 5) is 27.2. The second kappa shape index (κ2) is 7.38. The minimum Gasteiger partial charge on any atom is -0.300 e. The van der Waals surface area contributed by atoms with Gasteiger partial charge in [-0.25, -0.2) is 4.99 Å². The highest BCUT2D eigenvalue weighted by atomic mass is 79.9. The predicted molar refractivity (Wildman–Crippen MR) is 103 cm³/mol. The fraction of sp³-hybridized carbons (Fsp3) is 0. The molecular weight excluding hydrogens is 430 g/mol. The molecule has 0 atom stereocenters. The summed E-state index contributed by atoms with van der Waals surface area (Å²) in [5.74, 6) is -0.307. The Morgan fingerprint density at radius 1 is 1.24 bits per heavy atom. The van der Waals surface area contributed by atoms with Crippen LogP contribution in [0.4, 0.5) is 11.4 Å². The summed E-state index contributed by atoms with van der Waals surface area (Å²) in [6.07, 6.45) is 1.56. The molecule has 2 aromatic carbocycles. The molecule has 0 spiro atoms. The summed E-state index contributed by atoms with van der Waals surface area (Å²) < 4.78 is 0.935. The molecule has 9 heteroatoms. The Kier molecular flexibility index (Phi) is 5.22. The normalized spacial score (nSPS) is 17.1. The van der Waals surface area contributed by atoms with Crippen molar-refractivity contribution in [2.75, 3.05) is 0 Å². The highest BCUT2D eigenvalue weighted by Crippen LogP contribution is 2.31. The van der Waals surface area contributed by atoms with Gasteiger partial charge in [0.25, 0.3) is 11.6 Å². The van der Waals surface area contributed by atoms with Gasteiger partial charge >= 0.3 is 0 Å². The van der Waals surface area contributed by atoms with Crippen LogP contribution < -0.4 is 5.32 Å². The predicted octanol–water partition coefficient (Wildman–Crippen LogP) is 4.90. The zero-order valence-electron chi connectivity index (χ0n) is 12.4. The molecule has 1 amide bonds.